The van der Waals surface area contributed by atoms with Gasteiger partial charge >= 0.3 is 0 Å². The van der Waals surface area contributed by atoms with E-state index >= 15 is 0 Å². The highest BCUT2D eigenvalue weighted by Crippen LogP contribution is 2.23. The van der Waals surface area contributed by atoms with Crippen molar-refractivity contribution in [2.75, 3.05) is 18.4 Å². The number of hydrogen-bond donors (Lipinski definition) is 1. The number of thiophene rings is 1. The summed E-state index contributed by atoms with van der Waals surface area (Å²) in [6.45, 7) is 2.52. The van der Waals surface area contributed by atoms with E-state index < -0.39 is 0 Å². The molecule has 2 aromatic heterocycles. The van der Waals surface area contributed by atoms with Gasteiger partial charge in [-0.1, -0.05) is 6.07 Å². The lowest BCUT2D eigenvalue weighted by Crippen LogP contribution is -2.43. The van der Waals surface area contributed by atoms with Crippen LogP contribution in [0.4, 0.5) is 5.13 Å². The zero-order valence-corrected chi connectivity index (χ0v) is 14.8. The highest BCUT2D eigenvalue weighted by Gasteiger charge is 2.29. The van der Waals surface area contributed by atoms with E-state index in [0.717, 1.165) is 12.8 Å². The third kappa shape index (κ3) is 3.70. The number of aromatic nitrogens is 1. The van der Waals surface area contributed by atoms with Crippen molar-refractivity contribution in [3.05, 3.63) is 33.5 Å². The van der Waals surface area contributed by atoms with Crippen LogP contribution >= 0.6 is 22.7 Å². The van der Waals surface area contributed by atoms with E-state index in [1.165, 1.54) is 29.6 Å². The number of Topliss-reactive ketones (excluding diaryl/α,β-unsaturated/α-hetero) is 1. The van der Waals surface area contributed by atoms with Gasteiger partial charge in [0.2, 0.25) is 5.91 Å². The predicted molar refractivity (Wildman–Crippen MR) is 93.7 cm³/mol. The van der Waals surface area contributed by atoms with E-state index in [-0.39, 0.29) is 23.5 Å². The highest BCUT2D eigenvalue weighted by atomic mass is 32.1. The third-order valence-electron chi connectivity index (χ3n) is 3.91. The van der Waals surface area contributed by atoms with Crippen LogP contribution in [0.1, 0.15) is 39.9 Å². The molecule has 1 aliphatic rings. The van der Waals surface area contributed by atoms with Crippen LogP contribution in [0.5, 0.6) is 0 Å². The Hall–Kier alpha value is -2.06. The molecule has 0 radical (unpaired) electrons. The number of hydrogen-bond acceptors (Lipinski definition) is 6. The van der Waals surface area contributed by atoms with Gasteiger partial charge in [0.05, 0.1) is 10.8 Å². The summed E-state index contributed by atoms with van der Waals surface area (Å²) in [5.41, 5.74) is 0.355. The van der Waals surface area contributed by atoms with Crippen molar-refractivity contribution in [2.24, 2.45) is 5.92 Å². The molecule has 0 aliphatic carbocycles. The van der Waals surface area contributed by atoms with E-state index in [1.54, 1.807) is 16.3 Å². The molecule has 0 saturated carbocycles. The molecule has 0 unspecified atom stereocenters. The van der Waals surface area contributed by atoms with Crippen LogP contribution in [0, 0.1) is 5.92 Å². The maximum atomic E-state index is 12.4. The van der Waals surface area contributed by atoms with Crippen molar-refractivity contribution < 1.29 is 14.4 Å². The minimum Gasteiger partial charge on any atom is -0.337 e. The summed E-state index contributed by atoms with van der Waals surface area (Å²) in [4.78, 5) is 42.7. The normalized spacial score (nSPS) is 17.5. The predicted octanol–water partition coefficient (Wildman–Crippen LogP) is 2.90. The van der Waals surface area contributed by atoms with Gasteiger partial charge in [-0.2, -0.15) is 0 Å². The van der Waals surface area contributed by atoms with Gasteiger partial charge in [-0.25, -0.2) is 4.98 Å². The first-order valence-corrected chi connectivity index (χ1v) is 9.40. The molecule has 1 atom stereocenters. The minimum atomic E-state index is -0.257. The quantitative estimate of drug-likeness (QED) is 0.847. The summed E-state index contributed by atoms with van der Waals surface area (Å²) in [7, 11) is 0. The summed E-state index contributed by atoms with van der Waals surface area (Å²) >= 11 is 2.64. The van der Waals surface area contributed by atoms with Gasteiger partial charge in [-0.15, -0.1) is 22.7 Å². The number of rotatable bonds is 4. The van der Waals surface area contributed by atoms with Crippen LogP contribution in [-0.2, 0) is 4.79 Å². The average Bonchev–Trinajstić information content (AvgIpc) is 3.26. The van der Waals surface area contributed by atoms with Gasteiger partial charge in [0.1, 0.15) is 5.69 Å². The van der Waals surface area contributed by atoms with E-state index in [1.807, 2.05) is 11.4 Å². The fourth-order valence-electron chi connectivity index (χ4n) is 2.63. The number of nitrogens with zero attached hydrogens (tertiary/aromatic N) is 2. The molecule has 0 aromatic carbocycles. The Labute approximate surface area is 147 Å². The number of likely N-dealkylation sites (tertiary alicyclic amines) is 1. The van der Waals surface area contributed by atoms with Gasteiger partial charge in [0, 0.05) is 25.4 Å². The second kappa shape index (κ2) is 7.23. The molecule has 2 aromatic rings. The smallest absolute Gasteiger partial charge is 0.263 e. The molecule has 1 fully saturated rings. The fourth-order valence-corrected chi connectivity index (χ4v) is 4.08. The summed E-state index contributed by atoms with van der Waals surface area (Å²) in [6.07, 6.45) is 1.54. The second-order valence-corrected chi connectivity index (χ2v) is 7.46. The molecule has 1 saturated heterocycles. The SMILES string of the molecule is CC(=O)c1csc(NC(=O)[C@H]2CCCN(C(=O)c3cccs3)C2)n1. The minimum absolute atomic E-state index is 0.0179. The van der Waals surface area contributed by atoms with Crippen molar-refractivity contribution in [1.82, 2.24) is 9.88 Å². The van der Waals surface area contributed by atoms with Gasteiger partial charge in [-0.3, -0.25) is 14.4 Å². The van der Waals surface area contributed by atoms with Gasteiger partial charge in [0.25, 0.3) is 5.91 Å². The molecule has 0 spiro atoms. The van der Waals surface area contributed by atoms with Crippen LogP contribution in [0.25, 0.3) is 0 Å². The Balaban J connectivity index is 1.62. The molecule has 1 aliphatic heterocycles. The van der Waals surface area contributed by atoms with E-state index in [9.17, 15) is 14.4 Å². The summed E-state index contributed by atoms with van der Waals surface area (Å²) in [5, 5.41) is 6.69. The highest BCUT2D eigenvalue weighted by molar-refractivity contribution is 7.14. The number of nitrogens with one attached hydrogen (secondary N) is 1. The lowest BCUT2D eigenvalue weighted by Gasteiger charge is -2.31. The third-order valence-corrected chi connectivity index (χ3v) is 5.52. The Morgan fingerprint density at radius 3 is 2.83 bits per heavy atom. The lowest BCUT2D eigenvalue weighted by molar-refractivity contribution is -0.121. The van der Waals surface area contributed by atoms with E-state index in [2.05, 4.69) is 10.3 Å². The van der Waals surface area contributed by atoms with E-state index in [4.69, 9.17) is 0 Å². The molecule has 2 amide bonds. The Morgan fingerprint density at radius 2 is 2.17 bits per heavy atom. The number of ketones is 1. The first-order chi connectivity index (χ1) is 11.5. The topological polar surface area (TPSA) is 79.4 Å². The molecule has 126 valence electrons. The first-order valence-electron chi connectivity index (χ1n) is 7.64. The van der Waals surface area contributed by atoms with Crippen molar-refractivity contribution in [3.63, 3.8) is 0 Å². The van der Waals surface area contributed by atoms with Crippen molar-refractivity contribution in [2.45, 2.75) is 19.8 Å². The van der Waals surface area contributed by atoms with Crippen LogP contribution in [-0.4, -0.2) is 40.6 Å². The molecule has 1 N–H and O–H groups in total. The largest absolute Gasteiger partial charge is 0.337 e. The zero-order valence-electron chi connectivity index (χ0n) is 13.2. The number of anilines is 1. The number of piperidine rings is 1. The Morgan fingerprint density at radius 1 is 1.33 bits per heavy atom. The lowest BCUT2D eigenvalue weighted by atomic mass is 9.97. The molecule has 3 rings (SSSR count). The number of thiazole rings is 1. The summed E-state index contributed by atoms with van der Waals surface area (Å²) in [5.74, 6) is -0.553. The van der Waals surface area contributed by atoms with Crippen molar-refractivity contribution in [1.29, 1.82) is 0 Å². The maximum Gasteiger partial charge on any atom is 0.263 e. The average molecular weight is 363 g/mol. The first kappa shape index (κ1) is 16.8. The molecule has 3 heterocycles. The number of amides is 2. The molecule has 24 heavy (non-hydrogen) atoms. The Kier molecular flexibility index (Phi) is 5.06. The Bertz CT molecular complexity index is 754. The van der Waals surface area contributed by atoms with Crippen LogP contribution in [0.3, 0.4) is 0 Å². The van der Waals surface area contributed by atoms with Gasteiger partial charge in [-0.05, 0) is 24.3 Å². The maximum absolute atomic E-state index is 12.4. The summed E-state index contributed by atoms with van der Waals surface area (Å²) < 4.78 is 0. The molecular weight excluding hydrogens is 346 g/mol. The van der Waals surface area contributed by atoms with Crippen LogP contribution in [0.2, 0.25) is 0 Å². The molecule has 0 bridgehead atoms. The number of carbonyl (C=O) groups excluding carboxylic acids is 3. The molecular formula is C16H17N3O3S2. The van der Waals surface area contributed by atoms with Crippen LogP contribution in [0.15, 0.2) is 22.9 Å². The number of carbonyl (C=O) groups is 3. The molecule has 6 nitrogen and oxygen atoms in total. The monoisotopic (exact) mass is 363 g/mol. The second-order valence-electron chi connectivity index (χ2n) is 5.65. The van der Waals surface area contributed by atoms with Gasteiger partial charge in [0.15, 0.2) is 10.9 Å². The molecule has 8 heteroatoms. The van der Waals surface area contributed by atoms with Crippen molar-refractivity contribution in [3.8, 4) is 0 Å². The summed E-state index contributed by atoms with van der Waals surface area (Å²) in [6, 6.07) is 3.65. The van der Waals surface area contributed by atoms with E-state index in [0.29, 0.717) is 28.8 Å². The van der Waals surface area contributed by atoms with Crippen molar-refractivity contribution >= 4 is 45.4 Å². The fraction of sp³-hybridized carbons (Fsp3) is 0.375. The standard InChI is InChI=1S/C16H17N3O3S2/c1-10(20)12-9-24-16(17-12)18-14(21)11-4-2-6-19(8-11)15(22)13-5-3-7-23-13/h3,5,7,9,11H,2,4,6,8H2,1H3,(H,17,18,21)/t11-/m0/s1. The van der Waals surface area contributed by atoms with Gasteiger partial charge < -0.3 is 10.2 Å². The van der Waals surface area contributed by atoms with Crippen LogP contribution < -0.4 is 5.32 Å². The zero-order chi connectivity index (χ0) is 17.1.